The van der Waals surface area contributed by atoms with E-state index in [4.69, 9.17) is 16.3 Å². The molecule has 0 aliphatic carbocycles. The minimum absolute atomic E-state index is 0.316. The second-order valence-corrected chi connectivity index (χ2v) is 4.98. The van der Waals surface area contributed by atoms with Crippen LogP contribution in [-0.4, -0.2) is 35.0 Å². The van der Waals surface area contributed by atoms with E-state index in [1.165, 1.54) is 0 Å². The van der Waals surface area contributed by atoms with E-state index >= 15 is 0 Å². The van der Waals surface area contributed by atoms with Crippen LogP contribution >= 0.6 is 11.6 Å². The molecule has 2 N–H and O–H groups in total. The Kier molecular flexibility index (Phi) is 3.90. The zero-order chi connectivity index (χ0) is 13.2. The van der Waals surface area contributed by atoms with Crippen LogP contribution in [0.1, 0.15) is 24.3 Å². The van der Waals surface area contributed by atoms with E-state index in [0.29, 0.717) is 36.6 Å². The number of halogens is 1. The molecule has 1 aliphatic heterocycles. The molecule has 1 aromatic rings. The Morgan fingerprint density at radius 3 is 2.61 bits per heavy atom. The fourth-order valence-corrected chi connectivity index (χ4v) is 2.58. The summed E-state index contributed by atoms with van der Waals surface area (Å²) >= 11 is 5.88. The van der Waals surface area contributed by atoms with E-state index in [1.54, 1.807) is 24.3 Å². The van der Waals surface area contributed by atoms with Gasteiger partial charge >= 0.3 is 5.97 Å². The van der Waals surface area contributed by atoms with Crippen LogP contribution in [0.2, 0.25) is 5.02 Å². The minimum Gasteiger partial charge on any atom is -0.481 e. The fraction of sp³-hybridized carbons (Fsp3) is 0.462. The van der Waals surface area contributed by atoms with Crippen LogP contribution < -0.4 is 0 Å². The van der Waals surface area contributed by atoms with E-state index in [1.807, 2.05) is 0 Å². The van der Waals surface area contributed by atoms with Crippen molar-refractivity contribution in [2.24, 2.45) is 0 Å². The first kappa shape index (κ1) is 13.3. The maximum absolute atomic E-state index is 11.5. The van der Waals surface area contributed by atoms with Gasteiger partial charge in [-0.2, -0.15) is 0 Å². The lowest BCUT2D eigenvalue weighted by Crippen LogP contribution is -2.45. The molecule has 4 nitrogen and oxygen atoms in total. The molecule has 1 saturated heterocycles. The Hall–Kier alpha value is -1.10. The normalized spacial score (nSPS) is 20.3. The lowest BCUT2D eigenvalue weighted by molar-refractivity contribution is -0.151. The van der Waals surface area contributed by atoms with Crippen LogP contribution in [0.25, 0.3) is 0 Å². The molecule has 0 amide bonds. The quantitative estimate of drug-likeness (QED) is 0.882. The summed E-state index contributed by atoms with van der Waals surface area (Å²) in [6.45, 7) is 0.752. The van der Waals surface area contributed by atoms with Crippen LogP contribution in [0.15, 0.2) is 24.3 Å². The van der Waals surface area contributed by atoms with Crippen molar-refractivity contribution < 1.29 is 19.7 Å². The highest BCUT2D eigenvalue weighted by Gasteiger charge is 2.43. The van der Waals surface area contributed by atoms with Crippen LogP contribution in [0.5, 0.6) is 0 Å². The highest BCUT2D eigenvalue weighted by Crippen LogP contribution is 2.37. The number of carboxylic acid groups (broad SMARTS) is 1. The molecule has 1 fully saturated rings. The maximum atomic E-state index is 11.5. The average molecular weight is 271 g/mol. The van der Waals surface area contributed by atoms with Crippen LogP contribution in [0.3, 0.4) is 0 Å². The summed E-state index contributed by atoms with van der Waals surface area (Å²) in [6.07, 6.45) is 0.632. The Balaban J connectivity index is 2.36. The van der Waals surface area contributed by atoms with E-state index < -0.39 is 17.5 Å². The number of rotatable bonds is 3. The molecule has 0 radical (unpaired) electrons. The monoisotopic (exact) mass is 270 g/mol. The molecule has 0 aromatic heterocycles. The molecule has 0 spiro atoms. The summed E-state index contributed by atoms with van der Waals surface area (Å²) in [6, 6.07) is 6.64. The van der Waals surface area contributed by atoms with Gasteiger partial charge in [0.25, 0.3) is 0 Å². The SMILES string of the molecule is O=C(O)C(c1cccc(Cl)c1)C1(O)CCOCC1. The molecule has 5 heteroatoms. The zero-order valence-corrected chi connectivity index (χ0v) is 10.6. The highest BCUT2D eigenvalue weighted by molar-refractivity contribution is 6.30. The van der Waals surface area contributed by atoms with Crippen LogP contribution in [-0.2, 0) is 9.53 Å². The van der Waals surface area contributed by atoms with Crippen LogP contribution in [0.4, 0.5) is 0 Å². The van der Waals surface area contributed by atoms with Gasteiger partial charge < -0.3 is 14.9 Å². The van der Waals surface area contributed by atoms with E-state index in [2.05, 4.69) is 0 Å². The molecule has 98 valence electrons. The predicted molar refractivity (Wildman–Crippen MR) is 66.8 cm³/mol. The molecule has 1 aromatic carbocycles. The van der Waals surface area contributed by atoms with Crippen molar-refractivity contribution in [3.8, 4) is 0 Å². The Bertz CT molecular complexity index is 440. The first-order valence-corrected chi connectivity index (χ1v) is 6.19. The first-order valence-electron chi connectivity index (χ1n) is 5.81. The molecule has 1 heterocycles. The molecular weight excluding hydrogens is 256 g/mol. The summed E-state index contributed by atoms with van der Waals surface area (Å²) in [5.41, 5.74) is -0.742. The third kappa shape index (κ3) is 2.66. The van der Waals surface area contributed by atoms with Gasteiger partial charge in [-0.3, -0.25) is 4.79 Å². The smallest absolute Gasteiger partial charge is 0.313 e. The molecule has 1 atom stereocenters. The lowest BCUT2D eigenvalue weighted by atomic mass is 9.77. The number of benzene rings is 1. The number of ether oxygens (including phenoxy) is 1. The van der Waals surface area contributed by atoms with Gasteiger partial charge in [-0.1, -0.05) is 23.7 Å². The fourth-order valence-electron chi connectivity index (χ4n) is 2.38. The van der Waals surface area contributed by atoms with Crippen molar-refractivity contribution in [3.05, 3.63) is 34.9 Å². The molecule has 0 saturated carbocycles. The number of hydrogen-bond donors (Lipinski definition) is 2. The third-order valence-corrected chi connectivity index (χ3v) is 3.56. The van der Waals surface area contributed by atoms with Gasteiger partial charge in [0.2, 0.25) is 0 Å². The largest absolute Gasteiger partial charge is 0.481 e. The number of carbonyl (C=O) groups is 1. The van der Waals surface area contributed by atoms with E-state index in [-0.39, 0.29) is 0 Å². The second-order valence-electron chi connectivity index (χ2n) is 4.54. The van der Waals surface area contributed by atoms with Gasteiger partial charge in [0, 0.05) is 31.1 Å². The van der Waals surface area contributed by atoms with Crippen molar-refractivity contribution in [2.75, 3.05) is 13.2 Å². The van der Waals surface area contributed by atoms with E-state index in [0.717, 1.165) is 0 Å². The summed E-state index contributed by atoms with van der Waals surface area (Å²) in [4.78, 5) is 11.5. The van der Waals surface area contributed by atoms with Gasteiger partial charge in [-0.25, -0.2) is 0 Å². The van der Waals surface area contributed by atoms with Crippen LogP contribution in [0, 0.1) is 0 Å². The van der Waals surface area contributed by atoms with Gasteiger partial charge in [0.15, 0.2) is 0 Å². The Morgan fingerprint density at radius 1 is 1.39 bits per heavy atom. The predicted octanol–water partition coefficient (Wildman–Crippen LogP) is 2.05. The summed E-state index contributed by atoms with van der Waals surface area (Å²) in [5, 5.41) is 20.4. The molecule has 18 heavy (non-hydrogen) atoms. The van der Waals surface area contributed by atoms with Crippen molar-refractivity contribution in [3.63, 3.8) is 0 Å². The number of aliphatic hydroxyl groups is 1. The van der Waals surface area contributed by atoms with Crippen molar-refractivity contribution >= 4 is 17.6 Å². The molecule has 2 rings (SSSR count). The van der Waals surface area contributed by atoms with Crippen molar-refractivity contribution in [2.45, 2.75) is 24.4 Å². The highest BCUT2D eigenvalue weighted by atomic mass is 35.5. The Morgan fingerprint density at radius 2 is 2.06 bits per heavy atom. The summed E-state index contributed by atoms with van der Waals surface area (Å²) in [7, 11) is 0. The molecular formula is C13H15ClO4. The average Bonchev–Trinajstić information content (AvgIpc) is 2.29. The zero-order valence-electron chi connectivity index (χ0n) is 9.80. The van der Waals surface area contributed by atoms with Gasteiger partial charge in [0.05, 0.1) is 5.60 Å². The molecule has 1 aliphatic rings. The van der Waals surface area contributed by atoms with Gasteiger partial charge in [-0.15, -0.1) is 0 Å². The number of carboxylic acids is 1. The molecule has 1 unspecified atom stereocenters. The number of hydrogen-bond acceptors (Lipinski definition) is 3. The first-order chi connectivity index (χ1) is 8.53. The molecule has 0 bridgehead atoms. The standard InChI is InChI=1S/C13H15ClO4/c14-10-3-1-2-9(8-10)11(12(15)16)13(17)4-6-18-7-5-13/h1-3,8,11,17H,4-7H2,(H,15,16). The van der Waals surface area contributed by atoms with Crippen molar-refractivity contribution in [1.82, 2.24) is 0 Å². The summed E-state index contributed by atoms with van der Waals surface area (Å²) < 4.78 is 5.18. The van der Waals surface area contributed by atoms with E-state index in [9.17, 15) is 15.0 Å². The maximum Gasteiger partial charge on any atom is 0.313 e. The minimum atomic E-state index is -1.27. The van der Waals surface area contributed by atoms with Gasteiger partial charge in [0.1, 0.15) is 5.92 Å². The number of aliphatic carboxylic acids is 1. The van der Waals surface area contributed by atoms with Gasteiger partial charge in [-0.05, 0) is 17.7 Å². The topological polar surface area (TPSA) is 66.8 Å². The lowest BCUT2D eigenvalue weighted by Gasteiger charge is -2.37. The summed E-state index contributed by atoms with van der Waals surface area (Å²) in [5.74, 6) is -2.01. The second kappa shape index (κ2) is 5.26. The third-order valence-electron chi connectivity index (χ3n) is 3.32. The van der Waals surface area contributed by atoms with Crippen molar-refractivity contribution in [1.29, 1.82) is 0 Å². The Labute approximate surface area is 110 Å².